The van der Waals surface area contributed by atoms with Gasteiger partial charge in [0.05, 0.1) is 34.9 Å². The second-order valence-corrected chi connectivity index (χ2v) is 6.57. The maximum Gasteiger partial charge on any atom is 0.321 e. The van der Waals surface area contributed by atoms with Crippen LogP contribution in [0.15, 0.2) is 18.2 Å². The molecule has 2 heterocycles. The normalized spacial score (nSPS) is 17.2. The van der Waals surface area contributed by atoms with Crippen LogP contribution in [-0.4, -0.2) is 46.6 Å². The minimum absolute atomic E-state index is 0.213. The van der Waals surface area contributed by atoms with Gasteiger partial charge in [-0.1, -0.05) is 0 Å². The molecule has 3 rings (SSSR count). The van der Waals surface area contributed by atoms with E-state index in [-0.39, 0.29) is 17.9 Å². The van der Waals surface area contributed by atoms with E-state index in [1.54, 1.807) is 11.8 Å². The van der Waals surface area contributed by atoms with Crippen molar-refractivity contribution in [2.45, 2.75) is 33.6 Å². The zero-order valence-corrected chi connectivity index (χ0v) is 15.4. The monoisotopic (exact) mass is 356 g/mol. The third-order valence-electron chi connectivity index (χ3n) is 4.66. The molecule has 1 aromatic heterocycles. The Morgan fingerprint density at radius 1 is 1.23 bits per heavy atom. The van der Waals surface area contributed by atoms with Crippen molar-refractivity contribution >= 4 is 28.7 Å². The summed E-state index contributed by atoms with van der Waals surface area (Å²) < 4.78 is 5.08. The van der Waals surface area contributed by atoms with Crippen LogP contribution in [0.5, 0.6) is 0 Å². The van der Waals surface area contributed by atoms with Crippen molar-refractivity contribution < 1.29 is 14.3 Å². The van der Waals surface area contributed by atoms with E-state index in [9.17, 15) is 9.59 Å². The first-order valence-corrected chi connectivity index (χ1v) is 8.95. The van der Waals surface area contributed by atoms with Gasteiger partial charge in [0.25, 0.3) is 0 Å². The molecular formula is C19H24N4O3. The number of carbonyl (C=O) groups is 2. The fourth-order valence-electron chi connectivity index (χ4n) is 3.13. The fraction of sp³-hybridized carbons (Fsp3) is 0.474. The van der Waals surface area contributed by atoms with Crippen molar-refractivity contribution in [1.82, 2.24) is 14.9 Å². The number of benzene rings is 1. The Kier molecular flexibility index (Phi) is 5.35. The molecule has 138 valence electrons. The van der Waals surface area contributed by atoms with Crippen LogP contribution in [0.1, 0.15) is 31.2 Å². The number of likely N-dealkylation sites (tertiary alicyclic amines) is 1. The van der Waals surface area contributed by atoms with E-state index in [0.29, 0.717) is 25.4 Å². The fourth-order valence-corrected chi connectivity index (χ4v) is 3.13. The SMILES string of the molecule is CCOC(=O)C1CCCN(C(=O)Nc2ccc3nc(C)c(C)nc3c2)C1. The van der Waals surface area contributed by atoms with Gasteiger partial charge in [0.15, 0.2) is 0 Å². The van der Waals surface area contributed by atoms with Crippen molar-refractivity contribution in [1.29, 1.82) is 0 Å². The highest BCUT2D eigenvalue weighted by atomic mass is 16.5. The molecule has 26 heavy (non-hydrogen) atoms. The Balaban J connectivity index is 1.70. The zero-order valence-electron chi connectivity index (χ0n) is 15.4. The van der Waals surface area contributed by atoms with Crippen molar-refractivity contribution in [3.63, 3.8) is 0 Å². The molecule has 1 atom stereocenters. The summed E-state index contributed by atoms with van der Waals surface area (Å²) in [5, 5.41) is 2.90. The molecule has 0 aliphatic carbocycles. The van der Waals surface area contributed by atoms with Crippen LogP contribution >= 0.6 is 0 Å². The summed E-state index contributed by atoms with van der Waals surface area (Å²) in [5.41, 5.74) is 3.97. The molecule has 1 unspecified atom stereocenters. The van der Waals surface area contributed by atoms with Crippen molar-refractivity contribution in [3.8, 4) is 0 Å². The van der Waals surface area contributed by atoms with Crippen LogP contribution in [0.2, 0.25) is 0 Å². The molecule has 2 amide bonds. The number of hydrogen-bond acceptors (Lipinski definition) is 5. The van der Waals surface area contributed by atoms with E-state index in [1.165, 1.54) is 0 Å². The molecule has 1 aliphatic rings. The number of fused-ring (bicyclic) bond motifs is 1. The lowest BCUT2D eigenvalue weighted by Crippen LogP contribution is -2.44. The van der Waals surface area contributed by atoms with Crippen molar-refractivity contribution in [2.75, 3.05) is 25.0 Å². The third kappa shape index (κ3) is 3.92. The first-order chi connectivity index (χ1) is 12.5. The lowest BCUT2D eigenvalue weighted by Gasteiger charge is -2.31. The second-order valence-electron chi connectivity index (χ2n) is 6.57. The van der Waals surface area contributed by atoms with Gasteiger partial charge in [0.2, 0.25) is 0 Å². The maximum atomic E-state index is 12.6. The Morgan fingerprint density at radius 3 is 2.69 bits per heavy atom. The molecule has 0 spiro atoms. The molecule has 0 saturated carbocycles. The van der Waals surface area contributed by atoms with E-state index < -0.39 is 0 Å². The van der Waals surface area contributed by atoms with Crippen molar-refractivity contribution in [3.05, 3.63) is 29.6 Å². The van der Waals surface area contributed by atoms with E-state index in [0.717, 1.165) is 35.3 Å². The zero-order chi connectivity index (χ0) is 18.7. The molecule has 2 aromatic rings. The number of piperidine rings is 1. The minimum atomic E-state index is -0.248. The number of anilines is 1. The quantitative estimate of drug-likeness (QED) is 0.855. The molecule has 0 bridgehead atoms. The molecule has 1 aromatic carbocycles. The predicted molar refractivity (Wildman–Crippen MR) is 99.0 cm³/mol. The van der Waals surface area contributed by atoms with Crippen LogP contribution < -0.4 is 5.32 Å². The Labute approximate surface area is 152 Å². The number of aryl methyl sites for hydroxylation is 2. The van der Waals surface area contributed by atoms with Crippen LogP contribution in [0.25, 0.3) is 11.0 Å². The highest BCUT2D eigenvalue weighted by Crippen LogP contribution is 2.21. The summed E-state index contributed by atoms with van der Waals surface area (Å²) in [4.78, 5) is 35.2. The predicted octanol–water partition coefficient (Wildman–Crippen LogP) is 3.05. The topological polar surface area (TPSA) is 84.4 Å². The summed E-state index contributed by atoms with van der Waals surface area (Å²) in [6.07, 6.45) is 1.55. The Hall–Kier alpha value is -2.70. The van der Waals surface area contributed by atoms with Gasteiger partial charge in [-0.05, 0) is 51.8 Å². The number of carbonyl (C=O) groups excluding carboxylic acids is 2. The van der Waals surface area contributed by atoms with Crippen LogP contribution in [0.4, 0.5) is 10.5 Å². The number of hydrogen-bond donors (Lipinski definition) is 1. The summed E-state index contributed by atoms with van der Waals surface area (Å²) in [7, 11) is 0. The number of esters is 1. The van der Waals surface area contributed by atoms with E-state index in [1.807, 2.05) is 32.0 Å². The summed E-state index contributed by atoms with van der Waals surface area (Å²) in [6.45, 7) is 7.00. The number of ether oxygens (including phenoxy) is 1. The lowest BCUT2D eigenvalue weighted by atomic mass is 9.98. The third-order valence-corrected chi connectivity index (χ3v) is 4.66. The molecule has 1 saturated heterocycles. The highest BCUT2D eigenvalue weighted by molar-refractivity contribution is 5.92. The Bertz CT molecular complexity index is 837. The minimum Gasteiger partial charge on any atom is -0.466 e. The molecule has 1 fully saturated rings. The van der Waals surface area contributed by atoms with Gasteiger partial charge in [0.1, 0.15) is 0 Å². The summed E-state index contributed by atoms with van der Waals surface area (Å²) >= 11 is 0. The van der Waals surface area contributed by atoms with Gasteiger partial charge in [-0.3, -0.25) is 4.79 Å². The number of urea groups is 1. The van der Waals surface area contributed by atoms with E-state index in [4.69, 9.17) is 4.74 Å². The first kappa shape index (κ1) is 18.1. The van der Waals surface area contributed by atoms with E-state index in [2.05, 4.69) is 15.3 Å². The molecule has 7 nitrogen and oxygen atoms in total. The summed E-state index contributed by atoms with van der Waals surface area (Å²) in [5.74, 6) is -0.473. The smallest absolute Gasteiger partial charge is 0.321 e. The molecule has 1 aliphatic heterocycles. The van der Waals surface area contributed by atoms with Crippen LogP contribution in [-0.2, 0) is 9.53 Å². The maximum absolute atomic E-state index is 12.6. The average molecular weight is 356 g/mol. The van der Waals surface area contributed by atoms with Gasteiger partial charge < -0.3 is 15.0 Å². The van der Waals surface area contributed by atoms with Crippen LogP contribution in [0.3, 0.4) is 0 Å². The number of aromatic nitrogens is 2. The molecular weight excluding hydrogens is 332 g/mol. The van der Waals surface area contributed by atoms with Gasteiger partial charge >= 0.3 is 12.0 Å². The number of nitrogens with one attached hydrogen (secondary N) is 1. The molecule has 0 radical (unpaired) electrons. The summed E-state index contributed by atoms with van der Waals surface area (Å²) in [6, 6.07) is 5.27. The number of rotatable bonds is 3. The molecule has 7 heteroatoms. The Morgan fingerprint density at radius 2 is 1.96 bits per heavy atom. The van der Waals surface area contributed by atoms with Crippen molar-refractivity contribution in [2.24, 2.45) is 5.92 Å². The first-order valence-electron chi connectivity index (χ1n) is 8.95. The molecule has 1 N–H and O–H groups in total. The average Bonchev–Trinajstić information content (AvgIpc) is 2.63. The second kappa shape index (κ2) is 7.68. The van der Waals surface area contributed by atoms with Gasteiger partial charge in [-0.2, -0.15) is 0 Å². The number of amides is 2. The largest absolute Gasteiger partial charge is 0.466 e. The van der Waals surface area contributed by atoms with E-state index >= 15 is 0 Å². The standard InChI is InChI=1S/C19H24N4O3/c1-4-26-18(24)14-6-5-9-23(11-14)19(25)22-15-7-8-16-17(10-15)21-13(3)12(2)20-16/h7-8,10,14H,4-6,9,11H2,1-3H3,(H,22,25). The van der Waals surface area contributed by atoms with Gasteiger partial charge in [-0.15, -0.1) is 0 Å². The van der Waals surface area contributed by atoms with Gasteiger partial charge in [0, 0.05) is 18.8 Å². The van der Waals surface area contributed by atoms with Crippen LogP contribution in [0, 0.1) is 19.8 Å². The highest BCUT2D eigenvalue weighted by Gasteiger charge is 2.29. The van der Waals surface area contributed by atoms with Gasteiger partial charge in [-0.25, -0.2) is 14.8 Å². The number of nitrogens with zero attached hydrogens (tertiary/aromatic N) is 3. The lowest BCUT2D eigenvalue weighted by molar-refractivity contribution is -0.149.